The molecule has 1 atom stereocenters. The van der Waals surface area contributed by atoms with E-state index >= 15 is 0 Å². The van der Waals surface area contributed by atoms with Gasteiger partial charge in [0.25, 0.3) is 0 Å². The van der Waals surface area contributed by atoms with E-state index in [1.807, 2.05) is 26.2 Å². The summed E-state index contributed by atoms with van der Waals surface area (Å²) in [5, 5.41) is 12.2. The third-order valence-corrected chi connectivity index (χ3v) is 7.50. The largest absolute Gasteiger partial charge is 0.349 e. The van der Waals surface area contributed by atoms with Gasteiger partial charge in [-0.3, -0.25) is 9.89 Å². The second-order valence-corrected chi connectivity index (χ2v) is 9.97. The first-order valence-electron chi connectivity index (χ1n) is 11.0. The van der Waals surface area contributed by atoms with Crippen LogP contribution >= 0.6 is 11.3 Å². The molecule has 6 rings (SSSR count). The molecule has 1 aromatic carbocycles. The Morgan fingerprint density at radius 3 is 2.88 bits per heavy atom. The minimum atomic E-state index is -0.0210. The molecule has 3 aromatic heterocycles. The molecule has 4 aromatic rings. The smallest absolute Gasteiger partial charge is 0.228 e. The van der Waals surface area contributed by atoms with Crippen LogP contribution in [0.4, 0.5) is 17.6 Å². The van der Waals surface area contributed by atoms with Gasteiger partial charge in [-0.15, -0.1) is 11.3 Å². The second kappa shape index (κ2) is 7.44. The Balaban J connectivity index is 1.40. The molecule has 0 spiro atoms. The first-order chi connectivity index (χ1) is 15.6. The van der Waals surface area contributed by atoms with Gasteiger partial charge in [0.1, 0.15) is 0 Å². The van der Waals surface area contributed by atoms with Gasteiger partial charge >= 0.3 is 0 Å². The van der Waals surface area contributed by atoms with Crippen molar-refractivity contribution < 1.29 is 4.79 Å². The van der Waals surface area contributed by atoms with E-state index < -0.39 is 0 Å². The Hall–Kier alpha value is -3.20. The summed E-state index contributed by atoms with van der Waals surface area (Å²) in [6, 6.07) is 10.4. The lowest BCUT2D eigenvalue weighted by Crippen LogP contribution is -2.32. The molecular formula is C23H25N7OS. The lowest BCUT2D eigenvalue weighted by Gasteiger charge is -2.19. The lowest BCUT2D eigenvalue weighted by molar-refractivity contribution is -0.132. The number of hydrogen-bond acceptors (Lipinski definition) is 7. The van der Waals surface area contributed by atoms with Crippen LogP contribution in [-0.4, -0.2) is 58.2 Å². The van der Waals surface area contributed by atoms with Gasteiger partial charge < -0.3 is 15.1 Å². The molecule has 9 heteroatoms. The number of carbonyl (C=O) groups excluding carboxylic acids is 1. The number of aromatic nitrogens is 4. The van der Waals surface area contributed by atoms with E-state index in [1.54, 1.807) is 16.2 Å². The second-order valence-electron chi connectivity index (χ2n) is 8.92. The fourth-order valence-corrected chi connectivity index (χ4v) is 5.53. The highest BCUT2D eigenvalue weighted by Crippen LogP contribution is 2.41. The minimum Gasteiger partial charge on any atom is -0.349 e. The topological polar surface area (TPSA) is 90.0 Å². The molecule has 32 heavy (non-hydrogen) atoms. The third kappa shape index (κ3) is 3.37. The summed E-state index contributed by atoms with van der Waals surface area (Å²) < 4.78 is 2.20. The molecule has 1 amide bonds. The number of amides is 1. The maximum atomic E-state index is 12.5. The summed E-state index contributed by atoms with van der Waals surface area (Å²) >= 11 is 1.69. The highest BCUT2D eigenvalue weighted by molar-refractivity contribution is 7.26. The van der Waals surface area contributed by atoms with Crippen LogP contribution in [0.2, 0.25) is 0 Å². The minimum absolute atomic E-state index is 0.0210. The average Bonchev–Trinajstić information content (AvgIpc) is 3.20. The van der Waals surface area contributed by atoms with Crippen LogP contribution in [-0.2, 0) is 4.79 Å². The van der Waals surface area contributed by atoms with Crippen LogP contribution < -0.4 is 10.2 Å². The summed E-state index contributed by atoms with van der Waals surface area (Å²) in [5.41, 5.74) is 2.12. The van der Waals surface area contributed by atoms with Crippen molar-refractivity contribution in [2.45, 2.75) is 25.2 Å². The number of rotatable bonds is 5. The Bertz CT molecular complexity index is 1320. The molecule has 1 aliphatic carbocycles. The molecule has 0 bridgehead atoms. The van der Waals surface area contributed by atoms with E-state index in [4.69, 9.17) is 9.97 Å². The van der Waals surface area contributed by atoms with Crippen LogP contribution in [0, 0.1) is 5.92 Å². The zero-order valence-corrected chi connectivity index (χ0v) is 18.9. The van der Waals surface area contributed by atoms with E-state index in [2.05, 4.69) is 38.6 Å². The number of nitrogens with one attached hydrogen (secondary N) is 2. The van der Waals surface area contributed by atoms with Gasteiger partial charge in [-0.25, -0.2) is 4.98 Å². The molecule has 2 N–H and O–H groups in total. The van der Waals surface area contributed by atoms with Gasteiger partial charge in [0.2, 0.25) is 11.9 Å². The zero-order chi connectivity index (χ0) is 21.8. The van der Waals surface area contributed by atoms with Crippen LogP contribution in [0.15, 0.2) is 30.3 Å². The highest BCUT2D eigenvalue weighted by atomic mass is 32.1. The van der Waals surface area contributed by atoms with Gasteiger partial charge in [-0.1, -0.05) is 18.2 Å². The Morgan fingerprint density at radius 2 is 2.06 bits per heavy atom. The first-order valence-corrected chi connectivity index (χ1v) is 11.9. The standard InChI is InChI=1S/C23H25N7OS/c1-29(2)22(31)14-9-10-30(12-14)23-25-19-15-5-3-4-6-17(15)32-20(19)21(26-23)24-18-11-16(27-28-18)13-7-8-13/h3-6,11,13-14H,7-10,12H2,1-2H3,(H2,24,25,26,27,28)/t14-/m0/s1. The number of benzene rings is 1. The number of fused-ring (bicyclic) bond motifs is 3. The first kappa shape index (κ1) is 19.5. The van der Waals surface area contributed by atoms with Crippen molar-refractivity contribution in [3.05, 3.63) is 36.0 Å². The van der Waals surface area contributed by atoms with Gasteiger partial charge in [0.05, 0.1) is 16.1 Å². The van der Waals surface area contributed by atoms with E-state index in [-0.39, 0.29) is 11.8 Å². The molecular weight excluding hydrogens is 422 g/mol. The summed E-state index contributed by atoms with van der Waals surface area (Å²) in [6.45, 7) is 1.41. The number of H-pyrrole nitrogens is 1. The number of hydrogen-bond donors (Lipinski definition) is 2. The predicted molar refractivity (Wildman–Crippen MR) is 128 cm³/mol. The fraction of sp³-hybridized carbons (Fsp3) is 0.391. The van der Waals surface area contributed by atoms with Crippen LogP contribution in [0.1, 0.15) is 30.9 Å². The van der Waals surface area contributed by atoms with E-state index in [0.717, 1.165) is 40.2 Å². The Kier molecular flexibility index (Phi) is 4.53. The fourth-order valence-electron chi connectivity index (χ4n) is 4.44. The lowest BCUT2D eigenvalue weighted by atomic mass is 10.1. The Labute approximate surface area is 189 Å². The van der Waals surface area contributed by atoms with Crippen LogP contribution in [0.5, 0.6) is 0 Å². The molecule has 1 saturated carbocycles. The van der Waals surface area contributed by atoms with Gasteiger partial charge in [0, 0.05) is 54.9 Å². The molecule has 4 heterocycles. The summed E-state index contributed by atoms with van der Waals surface area (Å²) in [4.78, 5) is 26.2. The number of carbonyl (C=O) groups is 1. The molecule has 0 radical (unpaired) electrons. The average molecular weight is 448 g/mol. The number of anilines is 3. The molecule has 164 valence electrons. The molecule has 1 saturated heterocycles. The summed E-state index contributed by atoms with van der Waals surface area (Å²) in [6.07, 6.45) is 3.26. The van der Waals surface area contributed by atoms with Crippen molar-refractivity contribution in [3.63, 3.8) is 0 Å². The molecule has 0 unspecified atom stereocenters. The Morgan fingerprint density at radius 1 is 1.22 bits per heavy atom. The molecule has 2 fully saturated rings. The van der Waals surface area contributed by atoms with E-state index in [9.17, 15) is 4.79 Å². The van der Waals surface area contributed by atoms with Gasteiger partial charge in [0.15, 0.2) is 11.6 Å². The van der Waals surface area contributed by atoms with Crippen molar-refractivity contribution in [3.8, 4) is 0 Å². The third-order valence-electron chi connectivity index (χ3n) is 6.33. The number of aromatic amines is 1. The monoisotopic (exact) mass is 447 g/mol. The maximum Gasteiger partial charge on any atom is 0.228 e. The normalized spacial score (nSPS) is 18.6. The zero-order valence-electron chi connectivity index (χ0n) is 18.1. The maximum absolute atomic E-state index is 12.5. The van der Waals surface area contributed by atoms with Crippen molar-refractivity contribution in [1.29, 1.82) is 0 Å². The van der Waals surface area contributed by atoms with Crippen molar-refractivity contribution in [2.24, 2.45) is 5.92 Å². The predicted octanol–water partition coefficient (Wildman–Crippen LogP) is 4.10. The summed E-state index contributed by atoms with van der Waals surface area (Å²) in [5.74, 6) is 2.96. The van der Waals surface area contributed by atoms with Crippen LogP contribution in [0.3, 0.4) is 0 Å². The van der Waals surface area contributed by atoms with E-state index in [1.165, 1.54) is 23.2 Å². The number of nitrogens with zero attached hydrogens (tertiary/aromatic N) is 5. The molecule has 2 aliphatic rings. The highest BCUT2D eigenvalue weighted by Gasteiger charge is 2.31. The van der Waals surface area contributed by atoms with Gasteiger partial charge in [-0.05, 0) is 25.3 Å². The van der Waals surface area contributed by atoms with Crippen molar-refractivity contribution in [2.75, 3.05) is 37.4 Å². The molecule has 8 nitrogen and oxygen atoms in total. The van der Waals surface area contributed by atoms with Gasteiger partial charge in [-0.2, -0.15) is 10.1 Å². The van der Waals surface area contributed by atoms with E-state index in [0.29, 0.717) is 18.4 Å². The quantitative estimate of drug-likeness (QED) is 0.479. The number of thiophene rings is 1. The molecule has 1 aliphatic heterocycles. The SMILES string of the molecule is CN(C)C(=O)[C@H]1CCN(c2nc(Nc3cc(C4CC4)[nH]n3)c3sc4ccccc4c3n2)C1. The van der Waals surface area contributed by atoms with Crippen molar-refractivity contribution >= 4 is 55.1 Å². The van der Waals surface area contributed by atoms with Crippen LogP contribution in [0.25, 0.3) is 20.3 Å². The van der Waals surface area contributed by atoms with Crippen molar-refractivity contribution in [1.82, 2.24) is 25.1 Å². The summed E-state index contributed by atoms with van der Waals surface area (Å²) in [7, 11) is 3.62.